The Morgan fingerprint density at radius 1 is 1.12 bits per heavy atom. The number of nitrogens with zero attached hydrogens (tertiary/aromatic N) is 3. The molecular formula is C26H33N3O3S. The molecule has 0 bridgehead atoms. The molecular weight excluding hydrogens is 434 g/mol. The highest BCUT2D eigenvalue weighted by molar-refractivity contribution is 7.22. The van der Waals surface area contributed by atoms with Gasteiger partial charge < -0.3 is 9.47 Å². The molecule has 0 aliphatic carbocycles. The number of fused-ring (bicyclic) bond motifs is 1. The molecule has 6 nitrogen and oxygen atoms in total. The molecule has 1 aliphatic heterocycles. The van der Waals surface area contributed by atoms with Crippen molar-refractivity contribution in [2.24, 2.45) is 0 Å². The third-order valence-electron chi connectivity index (χ3n) is 6.01. The summed E-state index contributed by atoms with van der Waals surface area (Å²) >= 11 is 1.62. The van der Waals surface area contributed by atoms with Gasteiger partial charge in [0.2, 0.25) is 5.91 Å². The van der Waals surface area contributed by atoms with Gasteiger partial charge >= 0.3 is 0 Å². The van der Waals surface area contributed by atoms with Crippen LogP contribution < -0.4 is 9.64 Å². The minimum absolute atomic E-state index is 0.0792. The third-order valence-corrected chi connectivity index (χ3v) is 7.23. The highest BCUT2D eigenvalue weighted by Gasteiger charge is 2.22. The van der Waals surface area contributed by atoms with Crippen molar-refractivity contribution in [2.75, 3.05) is 50.9 Å². The number of hydrogen-bond donors (Lipinski definition) is 0. The molecule has 0 atom stereocenters. The number of ether oxygens (including phenoxy) is 2. The number of hydrogen-bond acceptors (Lipinski definition) is 6. The number of aromatic nitrogens is 1. The molecule has 0 spiro atoms. The highest BCUT2D eigenvalue weighted by Crippen LogP contribution is 2.33. The van der Waals surface area contributed by atoms with Crippen molar-refractivity contribution < 1.29 is 14.3 Å². The predicted molar refractivity (Wildman–Crippen MR) is 135 cm³/mol. The number of aryl methyl sites for hydroxylation is 2. The number of benzene rings is 2. The number of carbonyl (C=O) groups is 1. The number of thiazole rings is 1. The van der Waals surface area contributed by atoms with E-state index < -0.39 is 0 Å². The van der Waals surface area contributed by atoms with Crippen molar-refractivity contribution in [3.63, 3.8) is 0 Å². The minimum Gasteiger partial charge on any atom is -0.494 e. The van der Waals surface area contributed by atoms with Gasteiger partial charge in [-0.2, -0.15) is 0 Å². The van der Waals surface area contributed by atoms with E-state index in [0.717, 1.165) is 71.5 Å². The third kappa shape index (κ3) is 5.91. The first-order valence-electron chi connectivity index (χ1n) is 11.7. The second-order valence-electron chi connectivity index (χ2n) is 8.48. The Balaban J connectivity index is 1.53. The molecule has 0 saturated carbocycles. The molecule has 1 saturated heterocycles. The molecule has 0 radical (unpaired) electrons. The van der Waals surface area contributed by atoms with Crippen LogP contribution in [-0.4, -0.2) is 61.8 Å². The first kappa shape index (κ1) is 23.7. The molecule has 1 fully saturated rings. The van der Waals surface area contributed by atoms with Gasteiger partial charge in [0.05, 0.1) is 36.5 Å². The van der Waals surface area contributed by atoms with Crippen LogP contribution in [0.4, 0.5) is 5.13 Å². The van der Waals surface area contributed by atoms with Gasteiger partial charge in [-0.3, -0.25) is 14.6 Å². The maximum Gasteiger partial charge on any atom is 0.233 e. The molecule has 1 amide bonds. The molecule has 2 heterocycles. The van der Waals surface area contributed by atoms with Crippen LogP contribution in [0.15, 0.2) is 36.4 Å². The normalized spacial score (nSPS) is 14.5. The summed E-state index contributed by atoms with van der Waals surface area (Å²) in [6.45, 7) is 11.9. The fourth-order valence-corrected chi connectivity index (χ4v) is 5.26. The summed E-state index contributed by atoms with van der Waals surface area (Å²) < 4.78 is 12.2. The van der Waals surface area contributed by atoms with Crippen molar-refractivity contribution in [3.8, 4) is 5.75 Å². The minimum atomic E-state index is 0.0792. The van der Waals surface area contributed by atoms with E-state index >= 15 is 0 Å². The van der Waals surface area contributed by atoms with Crippen LogP contribution in [0.25, 0.3) is 10.2 Å². The Hall–Kier alpha value is -2.48. The number of carbonyl (C=O) groups excluding carboxylic acids is 1. The molecule has 176 valence electrons. The average molecular weight is 468 g/mol. The quantitative estimate of drug-likeness (QED) is 0.460. The number of amides is 1. The summed E-state index contributed by atoms with van der Waals surface area (Å²) in [5, 5.41) is 0.792. The summed E-state index contributed by atoms with van der Waals surface area (Å²) in [7, 11) is 0. The maximum absolute atomic E-state index is 13.5. The summed E-state index contributed by atoms with van der Waals surface area (Å²) in [4.78, 5) is 22.7. The molecule has 0 N–H and O–H groups in total. The molecule has 4 rings (SSSR count). The van der Waals surface area contributed by atoms with Gasteiger partial charge in [-0.25, -0.2) is 4.98 Å². The van der Waals surface area contributed by atoms with Gasteiger partial charge in [0, 0.05) is 26.2 Å². The van der Waals surface area contributed by atoms with Gasteiger partial charge in [-0.05, 0) is 56.0 Å². The fourth-order valence-electron chi connectivity index (χ4n) is 4.11. The Bertz CT molecular complexity index is 1040. The zero-order chi connectivity index (χ0) is 23.2. The van der Waals surface area contributed by atoms with E-state index in [0.29, 0.717) is 19.6 Å². The topological polar surface area (TPSA) is 54.9 Å². The first-order valence-corrected chi connectivity index (χ1v) is 12.6. The van der Waals surface area contributed by atoms with Gasteiger partial charge in [0.15, 0.2) is 5.13 Å². The summed E-state index contributed by atoms with van der Waals surface area (Å²) in [5.74, 6) is 0.906. The van der Waals surface area contributed by atoms with Gasteiger partial charge in [-0.1, -0.05) is 35.6 Å². The zero-order valence-corrected chi connectivity index (χ0v) is 20.6. The Labute approximate surface area is 200 Å². The molecule has 0 unspecified atom stereocenters. The SMILES string of the molecule is CCOc1ccc(CC(=O)N(CCCN2CCOCC2)c2nc3c(C)ccc(C)c3s2)cc1. The predicted octanol–water partition coefficient (Wildman–Crippen LogP) is 4.61. The van der Waals surface area contributed by atoms with Crippen molar-refractivity contribution in [2.45, 2.75) is 33.6 Å². The van der Waals surface area contributed by atoms with Gasteiger partial charge in [0.1, 0.15) is 5.75 Å². The molecule has 1 aromatic heterocycles. The van der Waals surface area contributed by atoms with Crippen molar-refractivity contribution in [3.05, 3.63) is 53.1 Å². The molecule has 3 aromatic rings. The summed E-state index contributed by atoms with van der Waals surface area (Å²) in [6, 6.07) is 12.0. The van der Waals surface area contributed by atoms with Crippen molar-refractivity contribution in [1.82, 2.24) is 9.88 Å². The van der Waals surface area contributed by atoms with E-state index in [9.17, 15) is 4.79 Å². The number of rotatable bonds is 9. The molecule has 2 aromatic carbocycles. The Morgan fingerprint density at radius 3 is 2.55 bits per heavy atom. The molecule has 1 aliphatic rings. The van der Waals surface area contributed by atoms with Gasteiger partial charge in [-0.15, -0.1) is 0 Å². The zero-order valence-electron chi connectivity index (χ0n) is 19.8. The van der Waals surface area contributed by atoms with Crippen LogP contribution in [0.2, 0.25) is 0 Å². The monoisotopic (exact) mass is 467 g/mol. The van der Waals surface area contributed by atoms with Gasteiger partial charge in [0.25, 0.3) is 0 Å². The van der Waals surface area contributed by atoms with E-state index in [1.807, 2.05) is 36.1 Å². The van der Waals surface area contributed by atoms with Crippen LogP contribution in [-0.2, 0) is 16.0 Å². The summed E-state index contributed by atoms with van der Waals surface area (Å²) in [6.07, 6.45) is 1.25. The number of anilines is 1. The average Bonchev–Trinajstić information content (AvgIpc) is 3.28. The van der Waals surface area contributed by atoms with E-state index in [1.165, 1.54) is 5.56 Å². The second-order valence-corrected chi connectivity index (χ2v) is 9.46. The maximum atomic E-state index is 13.5. The Morgan fingerprint density at radius 2 is 1.85 bits per heavy atom. The van der Waals surface area contributed by atoms with Crippen molar-refractivity contribution in [1.29, 1.82) is 0 Å². The fraction of sp³-hybridized carbons (Fsp3) is 0.462. The molecule has 33 heavy (non-hydrogen) atoms. The van der Waals surface area contributed by atoms with E-state index in [4.69, 9.17) is 14.5 Å². The second kappa shape index (κ2) is 11.1. The lowest BCUT2D eigenvalue weighted by Crippen LogP contribution is -2.39. The molecule has 7 heteroatoms. The van der Waals surface area contributed by atoms with E-state index in [2.05, 4.69) is 30.9 Å². The van der Waals surface area contributed by atoms with Crippen LogP contribution in [0.1, 0.15) is 30.0 Å². The first-order chi connectivity index (χ1) is 16.0. The largest absolute Gasteiger partial charge is 0.494 e. The smallest absolute Gasteiger partial charge is 0.233 e. The van der Waals surface area contributed by atoms with Crippen LogP contribution >= 0.6 is 11.3 Å². The lowest BCUT2D eigenvalue weighted by atomic mass is 10.1. The Kier molecular flexibility index (Phi) is 7.96. The van der Waals surface area contributed by atoms with Crippen LogP contribution in [0.3, 0.4) is 0 Å². The highest BCUT2D eigenvalue weighted by atomic mass is 32.1. The van der Waals surface area contributed by atoms with E-state index in [1.54, 1.807) is 11.3 Å². The number of morpholine rings is 1. The van der Waals surface area contributed by atoms with E-state index in [-0.39, 0.29) is 5.91 Å². The van der Waals surface area contributed by atoms with Crippen molar-refractivity contribution >= 4 is 32.6 Å². The van der Waals surface area contributed by atoms with Crippen LogP contribution in [0.5, 0.6) is 5.75 Å². The summed E-state index contributed by atoms with van der Waals surface area (Å²) in [5.41, 5.74) is 4.33. The lowest BCUT2D eigenvalue weighted by Gasteiger charge is -2.27. The van der Waals surface area contributed by atoms with Crippen LogP contribution in [0, 0.1) is 13.8 Å². The lowest BCUT2D eigenvalue weighted by molar-refractivity contribution is -0.118. The standard InChI is InChI=1S/C26H33N3O3S/c1-4-32-22-10-8-21(9-11-22)18-23(30)29(13-5-12-28-14-16-31-17-15-28)26-27-24-19(2)6-7-20(3)25(24)33-26/h6-11H,4-5,12-18H2,1-3H3.